The summed E-state index contributed by atoms with van der Waals surface area (Å²) in [4.78, 5) is 23.0. The fourth-order valence-corrected chi connectivity index (χ4v) is 1.99. The second-order valence-corrected chi connectivity index (χ2v) is 5.10. The molecule has 0 bridgehead atoms. The second kappa shape index (κ2) is 9.64. The maximum atomic E-state index is 11.7. The summed E-state index contributed by atoms with van der Waals surface area (Å²) in [5.41, 5.74) is 1.74. The Balaban J connectivity index is 1.73. The maximum Gasteiger partial charge on any atom is 0.337 e. The van der Waals surface area contributed by atoms with Gasteiger partial charge in [0.25, 0.3) is 0 Å². The number of nitrogens with zero attached hydrogens (tertiary/aromatic N) is 1. The number of hydrogen-bond acceptors (Lipinski definition) is 6. The average Bonchev–Trinajstić information content (AvgIpc) is 2.70. The van der Waals surface area contributed by atoms with Gasteiger partial charge < -0.3 is 14.2 Å². The number of carbonyl (C=O) groups excluding carboxylic acids is 2. The highest BCUT2D eigenvalue weighted by atomic mass is 16.6. The van der Waals surface area contributed by atoms with E-state index in [1.54, 1.807) is 54.6 Å². The molecule has 0 aromatic heterocycles. The minimum Gasteiger partial charge on any atom is -0.490 e. The van der Waals surface area contributed by atoms with Crippen molar-refractivity contribution in [1.29, 1.82) is 5.26 Å². The zero-order valence-corrected chi connectivity index (χ0v) is 14.2. The van der Waals surface area contributed by atoms with Crippen LogP contribution < -0.4 is 4.74 Å². The van der Waals surface area contributed by atoms with Crippen molar-refractivity contribution < 1.29 is 23.8 Å². The van der Waals surface area contributed by atoms with Crippen LogP contribution in [0.4, 0.5) is 0 Å². The lowest BCUT2D eigenvalue weighted by atomic mass is 10.1. The summed E-state index contributed by atoms with van der Waals surface area (Å²) in [6, 6.07) is 15.3. The lowest BCUT2D eigenvalue weighted by Crippen LogP contribution is -2.10. The third-order valence-corrected chi connectivity index (χ3v) is 3.32. The van der Waals surface area contributed by atoms with Gasteiger partial charge in [-0.2, -0.15) is 5.26 Å². The summed E-state index contributed by atoms with van der Waals surface area (Å²) in [5.74, 6) is -0.311. The Kier molecular flexibility index (Phi) is 6.95. The molecule has 0 aliphatic carbocycles. The van der Waals surface area contributed by atoms with Crippen LogP contribution in [0.25, 0.3) is 6.08 Å². The summed E-state index contributed by atoms with van der Waals surface area (Å²) < 4.78 is 15.1. The lowest BCUT2D eigenvalue weighted by molar-refractivity contribution is -0.138. The van der Waals surface area contributed by atoms with Gasteiger partial charge in [-0.05, 0) is 48.0 Å². The number of methoxy groups -OCH3 is 1. The van der Waals surface area contributed by atoms with Gasteiger partial charge in [-0.1, -0.05) is 12.1 Å². The van der Waals surface area contributed by atoms with Crippen molar-refractivity contribution in [2.75, 3.05) is 20.3 Å². The first-order valence-corrected chi connectivity index (χ1v) is 7.78. The van der Waals surface area contributed by atoms with Crippen molar-refractivity contribution in [3.05, 3.63) is 71.3 Å². The molecule has 0 saturated carbocycles. The Labute approximate surface area is 151 Å². The summed E-state index contributed by atoms with van der Waals surface area (Å²) in [6.07, 6.45) is 2.89. The number of nitriles is 1. The SMILES string of the molecule is COC(=O)c1ccc(/C=C/C(=O)OCCOc2ccc(C#N)cc2)cc1. The molecule has 0 radical (unpaired) electrons. The van der Waals surface area contributed by atoms with E-state index in [9.17, 15) is 9.59 Å². The van der Waals surface area contributed by atoms with Crippen LogP contribution in [0.3, 0.4) is 0 Å². The number of carbonyl (C=O) groups is 2. The first-order chi connectivity index (χ1) is 12.6. The van der Waals surface area contributed by atoms with Crippen LogP contribution in [-0.2, 0) is 14.3 Å². The molecule has 0 aliphatic heterocycles. The minimum atomic E-state index is -0.495. The van der Waals surface area contributed by atoms with Crippen molar-refractivity contribution in [2.45, 2.75) is 0 Å². The van der Waals surface area contributed by atoms with E-state index in [1.165, 1.54) is 13.2 Å². The highest BCUT2D eigenvalue weighted by molar-refractivity contribution is 5.90. The zero-order chi connectivity index (χ0) is 18.8. The molecular formula is C20H17NO5. The maximum absolute atomic E-state index is 11.7. The summed E-state index contributed by atoms with van der Waals surface area (Å²) in [5, 5.41) is 8.71. The van der Waals surface area contributed by atoms with Gasteiger partial charge in [0.1, 0.15) is 19.0 Å². The molecular weight excluding hydrogens is 334 g/mol. The third-order valence-electron chi connectivity index (χ3n) is 3.32. The molecule has 0 N–H and O–H groups in total. The molecule has 0 unspecified atom stereocenters. The molecule has 0 spiro atoms. The Morgan fingerprint density at radius 3 is 2.35 bits per heavy atom. The molecule has 2 rings (SSSR count). The average molecular weight is 351 g/mol. The first-order valence-electron chi connectivity index (χ1n) is 7.78. The minimum absolute atomic E-state index is 0.102. The smallest absolute Gasteiger partial charge is 0.337 e. The van der Waals surface area contributed by atoms with E-state index in [2.05, 4.69) is 4.74 Å². The summed E-state index contributed by atoms with van der Waals surface area (Å²) in [6.45, 7) is 0.309. The summed E-state index contributed by atoms with van der Waals surface area (Å²) >= 11 is 0. The van der Waals surface area contributed by atoms with Crippen LogP contribution in [-0.4, -0.2) is 32.3 Å². The van der Waals surface area contributed by atoms with E-state index in [4.69, 9.17) is 14.7 Å². The van der Waals surface area contributed by atoms with Gasteiger partial charge in [-0.25, -0.2) is 9.59 Å². The van der Waals surface area contributed by atoms with Crippen molar-refractivity contribution in [2.24, 2.45) is 0 Å². The predicted octanol–water partition coefficient (Wildman–Crippen LogP) is 2.98. The Hall–Kier alpha value is -3.59. The van der Waals surface area contributed by atoms with E-state index in [0.717, 1.165) is 5.56 Å². The largest absolute Gasteiger partial charge is 0.490 e. The Morgan fingerprint density at radius 2 is 1.73 bits per heavy atom. The highest BCUT2D eigenvalue weighted by Crippen LogP contribution is 2.11. The molecule has 2 aromatic rings. The molecule has 6 heteroatoms. The standard InChI is InChI=1S/C20H17NO5/c1-24-20(23)17-7-2-15(3-8-17)6-11-19(22)26-13-12-25-18-9-4-16(14-21)5-10-18/h2-11H,12-13H2,1H3/b11-6+. The van der Waals surface area contributed by atoms with E-state index < -0.39 is 11.9 Å². The molecule has 0 atom stereocenters. The zero-order valence-electron chi connectivity index (χ0n) is 14.2. The molecule has 0 saturated heterocycles. The van der Waals surface area contributed by atoms with Crippen molar-refractivity contribution in [3.63, 3.8) is 0 Å². The van der Waals surface area contributed by atoms with E-state index >= 15 is 0 Å². The summed E-state index contributed by atoms with van der Waals surface area (Å²) in [7, 11) is 1.32. The quantitative estimate of drug-likeness (QED) is 0.433. The first kappa shape index (κ1) is 18.7. The fraction of sp³-hybridized carbons (Fsp3) is 0.150. The van der Waals surface area contributed by atoms with Crippen LogP contribution in [0.2, 0.25) is 0 Å². The van der Waals surface area contributed by atoms with Crippen molar-refractivity contribution in [1.82, 2.24) is 0 Å². The van der Waals surface area contributed by atoms with E-state index in [-0.39, 0.29) is 13.2 Å². The van der Waals surface area contributed by atoms with Gasteiger partial charge in [-0.3, -0.25) is 0 Å². The molecule has 0 amide bonds. The fourth-order valence-electron chi connectivity index (χ4n) is 1.99. The van der Waals surface area contributed by atoms with Gasteiger partial charge >= 0.3 is 11.9 Å². The second-order valence-electron chi connectivity index (χ2n) is 5.10. The monoisotopic (exact) mass is 351 g/mol. The van der Waals surface area contributed by atoms with Gasteiger partial charge in [0, 0.05) is 6.08 Å². The van der Waals surface area contributed by atoms with Crippen LogP contribution >= 0.6 is 0 Å². The predicted molar refractivity (Wildman–Crippen MR) is 94.4 cm³/mol. The van der Waals surface area contributed by atoms with Crippen molar-refractivity contribution >= 4 is 18.0 Å². The van der Waals surface area contributed by atoms with Gasteiger partial charge in [-0.15, -0.1) is 0 Å². The molecule has 0 aliphatic rings. The van der Waals surface area contributed by atoms with E-state index in [1.807, 2.05) is 6.07 Å². The van der Waals surface area contributed by atoms with Gasteiger partial charge in [0.15, 0.2) is 0 Å². The number of hydrogen-bond donors (Lipinski definition) is 0. The van der Waals surface area contributed by atoms with Crippen LogP contribution in [0.5, 0.6) is 5.75 Å². The van der Waals surface area contributed by atoms with Crippen molar-refractivity contribution in [3.8, 4) is 11.8 Å². The molecule has 0 heterocycles. The molecule has 2 aromatic carbocycles. The third kappa shape index (κ3) is 5.80. The van der Waals surface area contributed by atoms with Crippen LogP contribution in [0.1, 0.15) is 21.5 Å². The number of benzene rings is 2. The Morgan fingerprint density at radius 1 is 1.04 bits per heavy atom. The number of esters is 2. The van der Waals surface area contributed by atoms with Gasteiger partial charge in [0.2, 0.25) is 0 Å². The normalized spacial score (nSPS) is 10.2. The molecule has 6 nitrogen and oxygen atoms in total. The van der Waals surface area contributed by atoms with Crippen LogP contribution in [0.15, 0.2) is 54.6 Å². The number of rotatable bonds is 7. The van der Waals surface area contributed by atoms with E-state index in [0.29, 0.717) is 16.9 Å². The lowest BCUT2D eigenvalue weighted by Gasteiger charge is -2.06. The highest BCUT2D eigenvalue weighted by Gasteiger charge is 2.03. The van der Waals surface area contributed by atoms with Crippen LogP contribution in [0, 0.1) is 11.3 Å². The topological polar surface area (TPSA) is 85.6 Å². The molecule has 26 heavy (non-hydrogen) atoms. The molecule has 0 fully saturated rings. The van der Waals surface area contributed by atoms with Gasteiger partial charge in [0.05, 0.1) is 24.3 Å². The molecule has 132 valence electrons. The Bertz CT molecular complexity index is 817. The number of ether oxygens (including phenoxy) is 3.